The van der Waals surface area contributed by atoms with Crippen LogP contribution in [0.5, 0.6) is 0 Å². The Morgan fingerprint density at radius 2 is 2.15 bits per heavy atom. The lowest BCUT2D eigenvalue weighted by Gasteiger charge is -2.08. The zero-order valence-corrected chi connectivity index (χ0v) is 12.1. The fraction of sp³-hybridized carbons (Fsp3) is 0.429. The van der Waals surface area contributed by atoms with Gasteiger partial charge in [-0.2, -0.15) is 0 Å². The SMILES string of the molecule is CC[C@H](O)c1ccc(Sc2n[nH]c(=O)n2C2CC2)cc1. The smallest absolute Gasteiger partial charge is 0.344 e. The van der Waals surface area contributed by atoms with E-state index < -0.39 is 6.10 Å². The van der Waals surface area contributed by atoms with E-state index in [1.54, 1.807) is 4.57 Å². The molecular weight excluding hydrogens is 274 g/mol. The lowest BCUT2D eigenvalue weighted by molar-refractivity contribution is 0.173. The van der Waals surface area contributed by atoms with Crippen LogP contribution in [0.25, 0.3) is 0 Å². The van der Waals surface area contributed by atoms with Gasteiger partial charge in [-0.15, -0.1) is 5.10 Å². The summed E-state index contributed by atoms with van der Waals surface area (Å²) in [5.74, 6) is 0. The molecule has 2 N–H and O–H groups in total. The van der Waals surface area contributed by atoms with E-state index in [9.17, 15) is 9.90 Å². The molecule has 1 fully saturated rings. The van der Waals surface area contributed by atoms with Crippen molar-refractivity contribution in [2.24, 2.45) is 0 Å². The number of aromatic amines is 1. The van der Waals surface area contributed by atoms with E-state index in [2.05, 4.69) is 10.2 Å². The van der Waals surface area contributed by atoms with Crippen molar-refractivity contribution in [1.82, 2.24) is 14.8 Å². The first-order valence-corrected chi connectivity index (χ1v) is 7.63. The molecule has 1 atom stereocenters. The second-order valence-corrected chi connectivity index (χ2v) is 6.05. The Bertz CT molecular complexity index is 643. The van der Waals surface area contributed by atoms with Gasteiger partial charge in [0.1, 0.15) is 0 Å². The molecule has 0 unspecified atom stereocenters. The molecule has 1 aromatic carbocycles. The van der Waals surface area contributed by atoms with Crippen molar-refractivity contribution in [1.29, 1.82) is 0 Å². The molecule has 3 rings (SSSR count). The molecular formula is C14H17N3O2S. The van der Waals surface area contributed by atoms with Gasteiger partial charge in [-0.25, -0.2) is 9.89 Å². The van der Waals surface area contributed by atoms with Crippen molar-refractivity contribution in [2.75, 3.05) is 0 Å². The molecule has 1 aromatic heterocycles. The summed E-state index contributed by atoms with van der Waals surface area (Å²) in [4.78, 5) is 12.7. The first-order valence-electron chi connectivity index (χ1n) is 6.82. The molecule has 5 nitrogen and oxygen atoms in total. The number of aromatic nitrogens is 3. The maximum absolute atomic E-state index is 11.7. The molecule has 1 heterocycles. The van der Waals surface area contributed by atoms with Crippen molar-refractivity contribution in [3.05, 3.63) is 40.3 Å². The number of nitrogens with one attached hydrogen (secondary N) is 1. The summed E-state index contributed by atoms with van der Waals surface area (Å²) in [6.45, 7) is 1.95. The number of H-pyrrole nitrogens is 1. The van der Waals surface area contributed by atoms with Gasteiger partial charge < -0.3 is 5.11 Å². The normalized spacial score (nSPS) is 16.3. The molecule has 20 heavy (non-hydrogen) atoms. The first kappa shape index (κ1) is 13.5. The summed E-state index contributed by atoms with van der Waals surface area (Å²) in [7, 11) is 0. The molecule has 1 aliphatic rings. The molecule has 0 amide bonds. The van der Waals surface area contributed by atoms with Crippen LogP contribution in [-0.4, -0.2) is 19.9 Å². The summed E-state index contributed by atoms with van der Waals surface area (Å²) in [5.41, 5.74) is 0.784. The second-order valence-electron chi connectivity index (χ2n) is 5.01. The van der Waals surface area contributed by atoms with Crippen LogP contribution in [-0.2, 0) is 0 Å². The van der Waals surface area contributed by atoms with Crippen LogP contribution in [0.1, 0.15) is 43.9 Å². The van der Waals surface area contributed by atoms with Gasteiger partial charge in [0.2, 0.25) is 0 Å². The standard InChI is InChI=1S/C14H17N3O2S/c1-2-12(18)9-3-7-11(8-4-9)20-14-16-15-13(19)17(14)10-5-6-10/h3-4,7-8,10,12,18H,2,5-6H2,1H3,(H,15,19)/t12-/m0/s1. The molecule has 106 valence electrons. The van der Waals surface area contributed by atoms with Gasteiger partial charge in [-0.3, -0.25) is 4.57 Å². The minimum Gasteiger partial charge on any atom is -0.388 e. The van der Waals surface area contributed by atoms with Crippen LogP contribution < -0.4 is 5.69 Å². The molecule has 0 bridgehead atoms. The van der Waals surface area contributed by atoms with Gasteiger partial charge in [0.15, 0.2) is 5.16 Å². The molecule has 0 aliphatic heterocycles. The number of aliphatic hydroxyl groups excluding tert-OH is 1. The number of hydrogen-bond donors (Lipinski definition) is 2. The predicted octanol–water partition coefficient (Wildman–Crippen LogP) is 2.50. The van der Waals surface area contributed by atoms with Crippen LogP contribution in [0.2, 0.25) is 0 Å². The minimum absolute atomic E-state index is 0.131. The minimum atomic E-state index is -0.413. The Hall–Kier alpha value is -1.53. The maximum atomic E-state index is 11.7. The van der Waals surface area contributed by atoms with Crippen molar-refractivity contribution < 1.29 is 5.11 Å². The maximum Gasteiger partial charge on any atom is 0.344 e. The lowest BCUT2D eigenvalue weighted by Crippen LogP contribution is -2.15. The second kappa shape index (κ2) is 5.46. The highest BCUT2D eigenvalue weighted by molar-refractivity contribution is 7.99. The van der Waals surface area contributed by atoms with E-state index in [1.165, 1.54) is 11.8 Å². The number of nitrogens with zero attached hydrogens (tertiary/aromatic N) is 2. The average molecular weight is 291 g/mol. The van der Waals surface area contributed by atoms with Crippen LogP contribution in [0, 0.1) is 0 Å². The van der Waals surface area contributed by atoms with E-state index in [0.717, 1.165) is 23.3 Å². The molecule has 0 saturated heterocycles. The predicted molar refractivity (Wildman–Crippen MR) is 76.9 cm³/mol. The van der Waals surface area contributed by atoms with E-state index in [1.807, 2.05) is 31.2 Å². The highest BCUT2D eigenvalue weighted by Crippen LogP contribution is 2.37. The number of benzene rings is 1. The largest absolute Gasteiger partial charge is 0.388 e. The van der Waals surface area contributed by atoms with Crippen molar-refractivity contribution >= 4 is 11.8 Å². The monoisotopic (exact) mass is 291 g/mol. The molecule has 1 saturated carbocycles. The van der Waals surface area contributed by atoms with E-state index >= 15 is 0 Å². The van der Waals surface area contributed by atoms with Crippen molar-refractivity contribution in [3.63, 3.8) is 0 Å². The fourth-order valence-electron chi connectivity index (χ4n) is 2.12. The Labute approximate surface area is 121 Å². The number of hydrogen-bond acceptors (Lipinski definition) is 4. The number of rotatable bonds is 5. The Balaban J connectivity index is 1.79. The third kappa shape index (κ3) is 2.66. The van der Waals surface area contributed by atoms with Crippen molar-refractivity contribution in [2.45, 2.75) is 48.4 Å². The Morgan fingerprint density at radius 3 is 2.75 bits per heavy atom. The summed E-state index contributed by atoms with van der Waals surface area (Å²) in [6, 6.07) is 8.06. The molecule has 0 radical (unpaired) electrons. The quantitative estimate of drug-likeness (QED) is 0.888. The summed E-state index contributed by atoms with van der Waals surface area (Å²) < 4.78 is 1.74. The topological polar surface area (TPSA) is 70.9 Å². The van der Waals surface area contributed by atoms with Gasteiger partial charge in [0, 0.05) is 10.9 Å². The average Bonchev–Trinajstić information content (AvgIpc) is 3.24. The summed E-state index contributed by atoms with van der Waals surface area (Å²) in [6.07, 6.45) is 2.39. The summed E-state index contributed by atoms with van der Waals surface area (Å²) in [5, 5.41) is 17.1. The van der Waals surface area contributed by atoms with Gasteiger partial charge in [-0.1, -0.05) is 19.1 Å². The van der Waals surface area contributed by atoms with Crippen LogP contribution >= 0.6 is 11.8 Å². The fourth-order valence-corrected chi connectivity index (χ4v) is 3.02. The highest BCUT2D eigenvalue weighted by atomic mass is 32.2. The Kier molecular flexibility index (Phi) is 3.67. The van der Waals surface area contributed by atoms with Crippen LogP contribution in [0.4, 0.5) is 0 Å². The van der Waals surface area contributed by atoms with Gasteiger partial charge in [-0.05, 0) is 48.7 Å². The van der Waals surface area contributed by atoms with Gasteiger partial charge in [0.05, 0.1) is 6.10 Å². The van der Waals surface area contributed by atoms with E-state index in [0.29, 0.717) is 17.6 Å². The van der Waals surface area contributed by atoms with Gasteiger partial charge in [0.25, 0.3) is 0 Å². The van der Waals surface area contributed by atoms with Crippen molar-refractivity contribution in [3.8, 4) is 0 Å². The molecule has 1 aliphatic carbocycles. The van der Waals surface area contributed by atoms with Crippen LogP contribution in [0.3, 0.4) is 0 Å². The first-order chi connectivity index (χ1) is 9.69. The van der Waals surface area contributed by atoms with E-state index in [-0.39, 0.29) is 5.69 Å². The van der Waals surface area contributed by atoms with Crippen LogP contribution in [0.15, 0.2) is 39.1 Å². The zero-order valence-electron chi connectivity index (χ0n) is 11.2. The molecule has 2 aromatic rings. The number of aliphatic hydroxyl groups is 1. The zero-order chi connectivity index (χ0) is 14.1. The van der Waals surface area contributed by atoms with E-state index in [4.69, 9.17) is 0 Å². The lowest BCUT2D eigenvalue weighted by atomic mass is 10.1. The third-order valence-electron chi connectivity index (χ3n) is 3.44. The molecule has 0 spiro atoms. The molecule has 6 heteroatoms. The third-order valence-corrected chi connectivity index (χ3v) is 4.42. The highest BCUT2D eigenvalue weighted by Gasteiger charge is 2.28. The Morgan fingerprint density at radius 1 is 1.45 bits per heavy atom. The van der Waals surface area contributed by atoms with Gasteiger partial charge >= 0.3 is 5.69 Å². The summed E-state index contributed by atoms with van der Waals surface area (Å²) >= 11 is 1.47.